The third kappa shape index (κ3) is 2.39. The van der Waals surface area contributed by atoms with Gasteiger partial charge in [0.1, 0.15) is 5.75 Å². The van der Waals surface area contributed by atoms with E-state index in [1.165, 1.54) is 17.5 Å². The maximum atomic E-state index is 12.2. The third-order valence-electron chi connectivity index (χ3n) is 3.83. The van der Waals surface area contributed by atoms with E-state index in [0.29, 0.717) is 11.3 Å². The number of phenolic OH excluding ortho intramolecular Hbond substituents is 1. The molecule has 2 aromatic carbocycles. The van der Waals surface area contributed by atoms with Crippen molar-refractivity contribution in [3.05, 3.63) is 58.7 Å². The van der Waals surface area contributed by atoms with E-state index in [2.05, 4.69) is 5.32 Å². The largest absolute Gasteiger partial charge is 0.508 e. The lowest BCUT2D eigenvalue weighted by Gasteiger charge is -2.08. The summed E-state index contributed by atoms with van der Waals surface area (Å²) in [5, 5.41) is 12.5. The van der Waals surface area contributed by atoms with Crippen molar-refractivity contribution in [2.45, 2.75) is 26.2 Å². The Labute approximate surface area is 118 Å². The van der Waals surface area contributed by atoms with Gasteiger partial charge in [-0.1, -0.05) is 12.1 Å². The molecule has 2 aromatic rings. The predicted molar refractivity (Wildman–Crippen MR) is 79.3 cm³/mol. The molecular formula is C17H17NO2. The Hall–Kier alpha value is -2.29. The standard InChI is InChI=1S/C17H17NO2/c1-11-5-8-15(10-16(11)19)18-17(20)14-7-6-12-3-2-4-13(12)9-14/h5-10,19H,2-4H2,1H3,(H,18,20). The maximum Gasteiger partial charge on any atom is 0.255 e. The molecule has 1 aliphatic carbocycles. The number of carbonyl (C=O) groups excluding carboxylic acids is 1. The van der Waals surface area contributed by atoms with Gasteiger partial charge in [0.25, 0.3) is 5.91 Å². The summed E-state index contributed by atoms with van der Waals surface area (Å²) in [7, 11) is 0. The Morgan fingerprint density at radius 1 is 1.10 bits per heavy atom. The number of rotatable bonds is 2. The van der Waals surface area contributed by atoms with Crippen molar-refractivity contribution in [2.75, 3.05) is 5.32 Å². The van der Waals surface area contributed by atoms with Gasteiger partial charge in [-0.3, -0.25) is 4.79 Å². The van der Waals surface area contributed by atoms with Crippen molar-refractivity contribution in [2.24, 2.45) is 0 Å². The van der Waals surface area contributed by atoms with Gasteiger partial charge >= 0.3 is 0 Å². The Balaban J connectivity index is 1.80. The van der Waals surface area contributed by atoms with E-state index in [0.717, 1.165) is 18.4 Å². The highest BCUT2D eigenvalue weighted by atomic mass is 16.3. The summed E-state index contributed by atoms with van der Waals surface area (Å²) in [6.45, 7) is 1.82. The Morgan fingerprint density at radius 3 is 2.70 bits per heavy atom. The molecule has 0 bridgehead atoms. The molecule has 0 radical (unpaired) electrons. The minimum Gasteiger partial charge on any atom is -0.508 e. The molecule has 0 fully saturated rings. The summed E-state index contributed by atoms with van der Waals surface area (Å²) >= 11 is 0. The average molecular weight is 267 g/mol. The first kappa shape index (κ1) is 12.7. The first-order valence-electron chi connectivity index (χ1n) is 6.86. The minimum absolute atomic E-state index is 0.136. The van der Waals surface area contributed by atoms with E-state index in [1.54, 1.807) is 18.2 Å². The van der Waals surface area contributed by atoms with Crippen molar-refractivity contribution >= 4 is 11.6 Å². The fourth-order valence-electron chi connectivity index (χ4n) is 2.60. The summed E-state index contributed by atoms with van der Waals surface area (Å²) in [4.78, 5) is 12.2. The predicted octanol–water partition coefficient (Wildman–Crippen LogP) is 3.44. The van der Waals surface area contributed by atoms with Crippen LogP contribution in [0.4, 0.5) is 5.69 Å². The molecule has 0 aliphatic heterocycles. The molecule has 2 N–H and O–H groups in total. The van der Waals surface area contributed by atoms with Crippen LogP contribution < -0.4 is 5.32 Å². The zero-order valence-corrected chi connectivity index (χ0v) is 11.4. The number of hydrogen-bond donors (Lipinski definition) is 2. The first-order chi connectivity index (χ1) is 9.63. The van der Waals surface area contributed by atoms with Crippen molar-refractivity contribution < 1.29 is 9.90 Å². The molecular weight excluding hydrogens is 250 g/mol. The second-order valence-corrected chi connectivity index (χ2v) is 5.29. The second-order valence-electron chi connectivity index (χ2n) is 5.29. The highest BCUT2D eigenvalue weighted by Gasteiger charge is 2.14. The van der Waals surface area contributed by atoms with Gasteiger partial charge in [0, 0.05) is 17.3 Å². The van der Waals surface area contributed by atoms with Crippen LogP contribution in [0.25, 0.3) is 0 Å². The summed E-state index contributed by atoms with van der Waals surface area (Å²) in [6.07, 6.45) is 3.34. The molecule has 1 amide bonds. The molecule has 1 aliphatic rings. The van der Waals surface area contributed by atoms with Crippen LogP contribution in [-0.2, 0) is 12.8 Å². The Kier molecular flexibility index (Phi) is 3.18. The summed E-state index contributed by atoms with van der Waals surface area (Å²) in [5.74, 6) is 0.0553. The zero-order chi connectivity index (χ0) is 14.1. The van der Waals surface area contributed by atoms with Gasteiger partial charge in [-0.05, 0) is 61.1 Å². The molecule has 20 heavy (non-hydrogen) atoms. The monoisotopic (exact) mass is 267 g/mol. The number of carbonyl (C=O) groups is 1. The molecule has 102 valence electrons. The van der Waals surface area contributed by atoms with Gasteiger partial charge in [-0.2, -0.15) is 0 Å². The second kappa shape index (κ2) is 5.00. The molecule has 3 nitrogen and oxygen atoms in total. The zero-order valence-electron chi connectivity index (χ0n) is 11.4. The molecule has 0 aromatic heterocycles. The van der Waals surface area contributed by atoms with Crippen LogP contribution in [0.3, 0.4) is 0 Å². The molecule has 0 unspecified atom stereocenters. The van der Waals surface area contributed by atoms with E-state index in [1.807, 2.05) is 25.1 Å². The molecule has 0 spiro atoms. The number of benzene rings is 2. The normalized spacial score (nSPS) is 13.1. The van der Waals surface area contributed by atoms with Gasteiger partial charge in [0.05, 0.1) is 0 Å². The Bertz CT molecular complexity index is 677. The molecule has 0 saturated heterocycles. The SMILES string of the molecule is Cc1ccc(NC(=O)c2ccc3c(c2)CCC3)cc1O. The smallest absolute Gasteiger partial charge is 0.255 e. The minimum atomic E-state index is -0.136. The number of nitrogens with one attached hydrogen (secondary N) is 1. The van der Waals surface area contributed by atoms with Crippen LogP contribution in [0.1, 0.15) is 33.5 Å². The third-order valence-corrected chi connectivity index (χ3v) is 3.83. The van der Waals surface area contributed by atoms with Crippen molar-refractivity contribution in [3.63, 3.8) is 0 Å². The Morgan fingerprint density at radius 2 is 1.90 bits per heavy atom. The fourth-order valence-corrected chi connectivity index (χ4v) is 2.60. The summed E-state index contributed by atoms with van der Waals surface area (Å²) in [5.41, 5.74) is 4.71. The highest BCUT2D eigenvalue weighted by Crippen LogP contribution is 2.24. The van der Waals surface area contributed by atoms with Crippen LogP contribution in [0.5, 0.6) is 5.75 Å². The number of fused-ring (bicyclic) bond motifs is 1. The van der Waals surface area contributed by atoms with E-state index in [9.17, 15) is 9.90 Å². The lowest BCUT2D eigenvalue weighted by Crippen LogP contribution is -2.12. The van der Waals surface area contributed by atoms with E-state index < -0.39 is 0 Å². The summed E-state index contributed by atoms with van der Waals surface area (Å²) in [6, 6.07) is 11.0. The molecule has 0 atom stereocenters. The van der Waals surface area contributed by atoms with Gasteiger partial charge in [0.15, 0.2) is 0 Å². The van der Waals surface area contributed by atoms with Crippen molar-refractivity contribution in [1.29, 1.82) is 0 Å². The van der Waals surface area contributed by atoms with Gasteiger partial charge in [0.2, 0.25) is 0 Å². The molecule has 3 heteroatoms. The van der Waals surface area contributed by atoms with E-state index in [4.69, 9.17) is 0 Å². The summed E-state index contributed by atoms with van der Waals surface area (Å²) < 4.78 is 0. The number of anilines is 1. The average Bonchev–Trinajstić information content (AvgIpc) is 2.90. The number of hydrogen-bond acceptors (Lipinski definition) is 2. The van der Waals surface area contributed by atoms with Crippen molar-refractivity contribution in [1.82, 2.24) is 0 Å². The van der Waals surface area contributed by atoms with Crippen LogP contribution in [0, 0.1) is 6.92 Å². The van der Waals surface area contributed by atoms with Crippen LogP contribution >= 0.6 is 0 Å². The van der Waals surface area contributed by atoms with Crippen LogP contribution in [0.15, 0.2) is 36.4 Å². The van der Waals surface area contributed by atoms with Gasteiger partial charge in [-0.25, -0.2) is 0 Å². The molecule has 3 rings (SSSR count). The number of aromatic hydroxyl groups is 1. The van der Waals surface area contributed by atoms with Gasteiger partial charge in [-0.15, -0.1) is 0 Å². The van der Waals surface area contributed by atoms with E-state index in [-0.39, 0.29) is 11.7 Å². The number of aryl methyl sites for hydroxylation is 3. The van der Waals surface area contributed by atoms with E-state index >= 15 is 0 Å². The number of amides is 1. The van der Waals surface area contributed by atoms with Crippen LogP contribution in [0.2, 0.25) is 0 Å². The molecule has 0 heterocycles. The van der Waals surface area contributed by atoms with Crippen LogP contribution in [-0.4, -0.2) is 11.0 Å². The lowest BCUT2D eigenvalue weighted by molar-refractivity contribution is 0.102. The molecule has 0 saturated carbocycles. The highest BCUT2D eigenvalue weighted by molar-refractivity contribution is 6.04. The first-order valence-corrected chi connectivity index (χ1v) is 6.86. The van der Waals surface area contributed by atoms with Crippen molar-refractivity contribution in [3.8, 4) is 5.75 Å². The number of phenols is 1. The lowest BCUT2D eigenvalue weighted by atomic mass is 10.1. The topological polar surface area (TPSA) is 49.3 Å². The quantitative estimate of drug-likeness (QED) is 0.875. The maximum absolute atomic E-state index is 12.2. The van der Waals surface area contributed by atoms with Gasteiger partial charge < -0.3 is 10.4 Å². The fraction of sp³-hybridized carbons (Fsp3) is 0.235.